The maximum atomic E-state index is 11.9. The van der Waals surface area contributed by atoms with Crippen LogP contribution >= 0.6 is 11.3 Å². The highest BCUT2D eigenvalue weighted by atomic mass is 32.1. The first-order valence-corrected chi connectivity index (χ1v) is 7.89. The Labute approximate surface area is 129 Å². The lowest BCUT2D eigenvalue weighted by Crippen LogP contribution is -2.35. The largest absolute Gasteiger partial charge is 0.375 e. The summed E-state index contributed by atoms with van der Waals surface area (Å²) in [5.74, 6) is -0.111. The SMILES string of the molecule is CN(CCCNC(=O)C(N)c1cccs1)c1ccccc1. The van der Waals surface area contributed by atoms with Gasteiger partial charge in [-0.05, 0) is 30.0 Å². The number of carbonyl (C=O) groups excluding carboxylic acids is 1. The molecule has 0 fully saturated rings. The van der Waals surface area contributed by atoms with E-state index >= 15 is 0 Å². The summed E-state index contributed by atoms with van der Waals surface area (Å²) in [5.41, 5.74) is 7.08. The molecule has 0 aliphatic carbocycles. The average molecular weight is 303 g/mol. The Morgan fingerprint density at radius 1 is 1.29 bits per heavy atom. The van der Waals surface area contributed by atoms with Gasteiger partial charge in [0, 0.05) is 30.7 Å². The quantitative estimate of drug-likeness (QED) is 0.772. The molecular formula is C16H21N3OS. The molecule has 0 aliphatic heterocycles. The zero-order chi connectivity index (χ0) is 15.1. The molecule has 5 heteroatoms. The maximum Gasteiger partial charge on any atom is 0.242 e. The predicted molar refractivity (Wildman–Crippen MR) is 88.6 cm³/mol. The highest BCUT2D eigenvalue weighted by molar-refractivity contribution is 7.10. The van der Waals surface area contributed by atoms with E-state index in [-0.39, 0.29) is 5.91 Å². The van der Waals surface area contributed by atoms with E-state index in [1.54, 1.807) is 0 Å². The van der Waals surface area contributed by atoms with E-state index in [0.717, 1.165) is 17.8 Å². The number of amides is 1. The number of para-hydroxylation sites is 1. The molecule has 4 nitrogen and oxygen atoms in total. The number of thiophene rings is 1. The van der Waals surface area contributed by atoms with Crippen molar-refractivity contribution in [3.05, 3.63) is 52.7 Å². The molecule has 112 valence electrons. The minimum absolute atomic E-state index is 0.111. The fraction of sp³-hybridized carbons (Fsp3) is 0.312. The zero-order valence-electron chi connectivity index (χ0n) is 12.2. The molecule has 1 aromatic carbocycles. The molecule has 0 aliphatic rings. The van der Waals surface area contributed by atoms with Gasteiger partial charge in [0.15, 0.2) is 0 Å². The molecule has 0 spiro atoms. The number of hydrogen-bond acceptors (Lipinski definition) is 4. The van der Waals surface area contributed by atoms with Crippen molar-refractivity contribution in [2.24, 2.45) is 5.73 Å². The van der Waals surface area contributed by atoms with Crippen LogP contribution in [0.25, 0.3) is 0 Å². The van der Waals surface area contributed by atoms with Gasteiger partial charge in [0.25, 0.3) is 0 Å². The smallest absolute Gasteiger partial charge is 0.242 e. The van der Waals surface area contributed by atoms with E-state index in [2.05, 4.69) is 29.4 Å². The Hall–Kier alpha value is -1.85. The van der Waals surface area contributed by atoms with Crippen LogP contribution in [0.3, 0.4) is 0 Å². The lowest BCUT2D eigenvalue weighted by Gasteiger charge is -2.19. The Morgan fingerprint density at radius 3 is 2.71 bits per heavy atom. The monoisotopic (exact) mass is 303 g/mol. The number of anilines is 1. The summed E-state index contributed by atoms with van der Waals surface area (Å²) in [6, 6.07) is 13.4. The van der Waals surface area contributed by atoms with Crippen molar-refractivity contribution in [2.45, 2.75) is 12.5 Å². The van der Waals surface area contributed by atoms with Crippen molar-refractivity contribution in [3.8, 4) is 0 Å². The third kappa shape index (κ3) is 4.58. The Balaban J connectivity index is 1.69. The van der Waals surface area contributed by atoms with Crippen molar-refractivity contribution in [1.82, 2.24) is 5.32 Å². The number of nitrogens with zero attached hydrogens (tertiary/aromatic N) is 1. The molecular weight excluding hydrogens is 282 g/mol. The zero-order valence-corrected chi connectivity index (χ0v) is 13.0. The number of nitrogens with two attached hydrogens (primary N) is 1. The molecule has 2 rings (SSSR count). The topological polar surface area (TPSA) is 58.4 Å². The van der Waals surface area contributed by atoms with Crippen LogP contribution in [0.4, 0.5) is 5.69 Å². The van der Waals surface area contributed by atoms with Crippen LogP contribution in [0.15, 0.2) is 47.8 Å². The van der Waals surface area contributed by atoms with Crippen molar-refractivity contribution in [1.29, 1.82) is 0 Å². The van der Waals surface area contributed by atoms with Gasteiger partial charge in [-0.2, -0.15) is 0 Å². The molecule has 1 aromatic heterocycles. The van der Waals surface area contributed by atoms with E-state index in [1.165, 1.54) is 17.0 Å². The molecule has 0 radical (unpaired) electrons. The summed E-state index contributed by atoms with van der Waals surface area (Å²) in [6.07, 6.45) is 0.883. The van der Waals surface area contributed by atoms with E-state index in [0.29, 0.717) is 6.54 Å². The summed E-state index contributed by atoms with van der Waals surface area (Å²) < 4.78 is 0. The molecule has 21 heavy (non-hydrogen) atoms. The molecule has 1 unspecified atom stereocenters. The first-order valence-electron chi connectivity index (χ1n) is 7.01. The lowest BCUT2D eigenvalue weighted by molar-refractivity contribution is -0.122. The molecule has 0 bridgehead atoms. The van der Waals surface area contributed by atoms with E-state index in [4.69, 9.17) is 5.73 Å². The van der Waals surface area contributed by atoms with Crippen LogP contribution in [-0.2, 0) is 4.79 Å². The molecule has 1 amide bonds. The van der Waals surface area contributed by atoms with E-state index in [1.807, 2.05) is 35.7 Å². The minimum Gasteiger partial charge on any atom is -0.375 e. The third-order valence-electron chi connectivity index (χ3n) is 3.30. The molecule has 1 heterocycles. The number of benzene rings is 1. The van der Waals surface area contributed by atoms with Crippen LogP contribution in [0, 0.1) is 0 Å². The third-order valence-corrected chi connectivity index (χ3v) is 4.25. The second kappa shape index (κ2) is 7.81. The number of rotatable bonds is 7. The second-order valence-corrected chi connectivity index (χ2v) is 5.87. The van der Waals surface area contributed by atoms with Gasteiger partial charge in [0.05, 0.1) is 0 Å². The Bertz CT molecular complexity index is 542. The van der Waals surface area contributed by atoms with Crippen LogP contribution < -0.4 is 16.0 Å². The van der Waals surface area contributed by atoms with Gasteiger partial charge in [-0.15, -0.1) is 11.3 Å². The molecule has 3 N–H and O–H groups in total. The highest BCUT2D eigenvalue weighted by Crippen LogP contribution is 2.16. The summed E-state index contributed by atoms with van der Waals surface area (Å²) in [5, 5.41) is 4.82. The van der Waals surface area contributed by atoms with Crippen molar-refractivity contribution >= 4 is 22.9 Å². The van der Waals surface area contributed by atoms with Gasteiger partial charge in [0.2, 0.25) is 5.91 Å². The fourth-order valence-electron chi connectivity index (χ4n) is 2.05. The number of hydrogen-bond donors (Lipinski definition) is 2. The van der Waals surface area contributed by atoms with Crippen LogP contribution in [0.5, 0.6) is 0 Å². The standard InChI is InChI=1S/C16H21N3OS/c1-19(13-7-3-2-4-8-13)11-6-10-18-16(20)15(17)14-9-5-12-21-14/h2-5,7-9,12,15H,6,10-11,17H2,1H3,(H,18,20). The first kappa shape index (κ1) is 15.5. The fourth-order valence-corrected chi connectivity index (χ4v) is 2.77. The predicted octanol–water partition coefficient (Wildman–Crippen LogP) is 2.39. The van der Waals surface area contributed by atoms with Gasteiger partial charge in [0.1, 0.15) is 6.04 Å². The van der Waals surface area contributed by atoms with Gasteiger partial charge in [-0.3, -0.25) is 4.79 Å². The minimum atomic E-state index is -0.558. The van der Waals surface area contributed by atoms with Gasteiger partial charge in [-0.25, -0.2) is 0 Å². The first-order chi connectivity index (χ1) is 10.2. The van der Waals surface area contributed by atoms with Crippen molar-refractivity contribution in [3.63, 3.8) is 0 Å². The number of nitrogens with one attached hydrogen (secondary N) is 1. The molecule has 1 atom stereocenters. The Morgan fingerprint density at radius 2 is 2.05 bits per heavy atom. The summed E-state index contributed by atoms with van der Waals surface area (Å²) >= 11 is 1.51. The lowest BCUT2D eigenvalue weighted by atomic mass is 10.2. The second-order valence-electron chi connectivity index (χ2n) is 4.89. The van der Waals surface area contributed by atoms with Gasteiger partial charge < -0.3 is 16.0 Å². The van der Waals surface area contributed by atoms with Crippen LogP contribution in [-0.4, -0.2) is 26.0 Å². The Kier molecular flexibility index (Phi) is 5.78. The van der Waals surface area contributed by atoms with E-state index in [9.17, 15) is 4.79 Å². The highest BCUT2D eigenvalue weighted by Gasteiger charge is 2.15. The summed E-state index contributed by atoms with van der Waals surface area (Å²) in [4.78, 5) is 15.0. The van der Waals surface area contributed by atoms with E-state index < -0.39 is 6.04 Å². The normalized spacial score (nSPS) is 11.9. The maximum absolute atomic E-state index is 11.9. The summed E-state index contributed by atoms with van der Waals surface area (Å²) in [7, 11) is 2.05. The van der Waals surface area contributed by atoms with Crippen molar-refractivity contribution in [2.75, 3.05) is 25.0 Å². The van der Waals surface area contributed by atoms with Gasteiger partial charge >= 0.3 is 0 Å². The summed E-state index contributed by atoms with van der Waals surface area (Å²) in [6.45, 7) is 1.52. The molecule has 0 saturated carbocycles. The average Bonchev–Trinajstić information content (AvgIpc) is 3.05. The molecule has 0 saturated heterocycles. The number of carbonyl (C=O) groups is 1. The van der Waals surface area contributed by atoms with Crippen LogP contribution in [0.1, 0.15) is 17.3 Å². The van der Waals surface area contributed by atoms with Crippen LogP contribution in [0.2, 0.25) is 0 Å². The molecule has 2 aromatic rings. The van der Waals surface area contributed by atoms with Gasteiger partial charge in [-0.1, -0.05) is 24.3 Å². The van der Waals surface area contributed by atoms with Crippen molar-refractivity contribution < 1.29 is 4.79 Å².